The van der Waals surface area contributed by atoms with E-state index in [2.05, 4.69) is 18.7 Å². The molecule has 2 saturated heterocycles. The van der Waals surface area contributed by atoms with Crippen LogP contribution in [-0.2, 0) is 6.54 Å². The van der Waals surface area contributed by atoms with Crippen molar-refractivity contribution in [1.82, 2.24) is 9.80 Å². The lowest BCUT2D eigenvalue weighted by molar-refractivity contribution is 0.0602. The predicted octanol–water partition coefficient (Wildman–Crippen LogP) is 4.18. The Morgan fingerprint density at radius 3 is 2.42 bits per heavy atom. The van der Waals surface area contributed by atoms with Crippen molar-refractivity contribution in [2.75, 3.05) is 26.2 Å². The molecule has 0 spiro atoms. The molecule has 3 nitrogen and oxygen atoms in total. The summed E-state index contributed by atoms with van der Waals surface area (Å²) in [5.41, 5.74) is 1.12. The van der Waals surface area contributed by atoms with Gasteiger partial charge < -0.3 is 4.90 Å². The van der Waals surface area contributed by atoms with Gasteiger partial charge >= 0.3 is 0 Å². The summed E-state index contributed by atoms with van der Waals surface area (Å²) in [6.45, 7) is 12.8. The Morgan fingerprint density at radius 1 is 1.21 bits per heavy atom. The molecule has 0 atom stereocenters. The fourth-order valence-electron chi connectivity index (χ4n) is 3.42. The summed E-state index contributed by atoms with van der Waals surface area (Å²) in [4.78, 5) is 16.7. The fourth-order valence-corrected chi connectivity index (χ4v) is 3.42. The smallest absolute Gasteiger partial charge is 0.257 e. The Labute approximate surface area is 145 Å². The first-order valence-corrected chi connectivity index (χ1v) is 9.35. The molecule has 0 bridgehead atoms. The molecule has 0 saturated carbocycles. The van der Waals surface area contributed by atoms with Crippen molar-refractivity contribution < 1.29 is 9.18 Å². The number of halogens is 1. The molecule has 1 aromatic carbocycles. The minimum atomic E-state index is -0.379. The third-order valence-corrected chi connectivity index (χ3v) is 5.03. The van der Waals surface area contributed by atoms with Gasteiger partial charge in [-0.3, -0.25) is 9.69 Å². The van der Waals surface area contributed by atoms with E-state index < -0.39 is 0 Å². The van der Waals surface area contributed by atoms with Crippen molar-refractivity contribution in [3.8, 4) is 0 Å². The highest BCUT2D eigenvalue weighted by molar-refractivity contribution is 5.96. The number of amides is 1. The molecule has 24 heavy (non-hydrogen) atoms. The monoisotopic (exact) mass is 334 g/mol. The van der Waals surface area contributed by atoms with Crippen LogP contribution in [0.5, 0.6) is 0 Å². The second-order valence-corrected chi connectivity index (χ2v) is 6.97. The normalized spacial score (nSPS) is 18.3. The summed E-state index contributed by atoms with van der Waals surface area (Å²) in [5.74, 6) is 0.905. The minimum Gasteiger partial charge on any atom is -0.339 e. The summed E-state index contributed by atoms with van der Waals surface area (Å²) in [6, 6.07) is 5.01. The second-order valence-electron chi connectivity index (χ2n) is 6.97. The molecule has 4 heteroatoms. The first kappa shape index (κ1) is 18.9. The van der Waals surface area contributed by atoms with Crippen LogP contribution in [0.25, 0.3) is 0 Å². The van der Waals surface area contributed by atoms with Crippen LogP contribution in [0.3, 0.4) is 0 Å². The van der Waals surface area contributed by atoms with Crippen LogP contribution in [0.2, 0.25) is 0 Å². The van der Waals surface area contributed by atoms with E-state index in [-0.39, 0.29) is 17.3 Å². The third kappa shape index (κ3) is 4.15. The SMILES string of the molecule is CC.CC(C)C1CN(Cc2cccc(F)c2C(=O)N2CCCC2)C1. The Bertz CT molecular complexity index is 547. The van der Waals surface area contributed by atoms with Crippen LogP contribution in [0, 0.1) is 17.7 Å². The van der Waals surface area contributed by atoms with Gasteiger partial charge in [0, 0.05) is 32.7 Å². The average molecular weight is 334 g/mol. The molecule has 0 unspecified atom stereocenters. The Kier molecular flexibility index (Phi) is 6.79. The number of hydrogen-bond acceptors (Lipinski definition) is 2. The first-order valence-electron chi connectivity index (χ1n) is 9.35. The summed E-state index contributed by atoms with van der Waals surface area (Å²) >= 11 is 0. The highest BCUT2D eigenvalue weighted by Crippen LogP contribution is 2.27. The van der Waals surface area contributed by atoms with Crippen molar-refractivity contribution in [2.45, 2.75) is 47.1 Å². The molecular weight excluding hydrogens is 303 g/mol. The van der Waals surface area contributed by atoms with Crippen molar-refractivity contribution in [2.24, 2.45) is 11.8 Å². The van der Waals surface area contributed by atoms with Crippen molar-refractivity contribution in [1.29, 1.82) is 0 Å². The van der Waals surface area contributed by atoms with Gasteiger partial charge in [-0.2, -0.15) is 0 Å². The molecule has 2 heterocycles. The standard InChI is InChI=1S/C18H25FN2O.C2H6/c1-13(2)15-11-20(12-15)10-14-6-5-7-16(19)17(14)18(22)21-8-3-4-9-21;1-2/h5-7,13,15H,3-4,8-12H2,1-2H3;1-2H3. The third-order valence-electron chi connectivity index (χ3n) is 5.03. The van der Waals surface area contributed by atoms with E-state index in [9.17, 15) is 9.18 Å². The van der Waals surface area contributed by atoms with Crippen molar-refractivity contribution in [3.63, 3.8) is 0 Å². The molecule has 134 valence electrons. The number of hydrogen-bond donors (Lipinski definition) is 0. The van der Waals surface area contributed by atoms with Crippen molar-refractivity contribution >= 4 is 5.91 Å². The predicted molar refractivity (Wildman–Crippen MR) is 96.5 cm³/mol. The summed E-state index contributed by atoms with van der Waals surface area (Å²) in [5, 5.41) is 0. The zero-order chi connectivity index (χ0) is 17.7. The number of carbonyl (C=O) groups is 1. The van der Waals surface area contributed by atoms with Gasteiger partial charge in [0.2, 0.25) is 0 Å². The maximum Gasteiger partial charge on any atom is 0.257 e. The van der Waals surface area contributed by atoms with E-state index in [4.69, 9.17) is 0 Å². The maximum absolute atomic E-state index is 14.3. The Morgan fingerprint density at radius 2 is 1.83 bits per heavy atom. The fraction of sp³-hybridized carbons (Fsp3) is 0.650. The van der Waals surface area contributed by atoms with Gasteiger partial charge in [-0.15, -0.1) is 0 Å². The van der Waals surface area contributed by atoms with E-state index in [0.29, 0.717) is 12.5 Å². The van der Waals surface area contributed by atoms with Crippen LogP contribution >= 0.6 is 0 Å². The Balaban J connectivity index is 0.00000100. The van der Waals surface area contributed by atoms with E-state index >= 15 is 0 Å². The molecule has 1 amide bonds. The molecule has 0 aromatic heterocycles. The summed E-state index contributed by atoms with van der Waals surface area (Å²) < 4.78 is 14.3. The van der Waals surface area contributed by atoms with Gasteiger partial charge in [-0.25, -0.2) is 4.39 Å². The average Bonchev–Trinajstić information content (AvgIpc) is 3.06. The van der Waals surface area contributed by atoms with Crippen LogP contribution in [0.4, 0.5) is 4.39 Å². The number of benzene rings is 1. The zero-order valence-electron chi connectivity index (χ0n) is 15.5. The molecule has 2 aliphatic heterocycles. The molecule has 2 fully saturated rings. The lowest BCUT2D eigenvalue weighted by atomic mass is 9.88. The molecule has 0 aliphatic carbocycles. The summed E-state index contributed by atoms with van der Waals surface area (Å²) in [6.07, 6.45) is 2.05. The van der Waals surface area contributed by atoms with Crippen molar-refractivity contribution in [3.05, 3.63) is 35.1 Å². The molecule has 0 radical (unpaired) electrons. The second kappa shape index (κ2) is 8.61. The topological polar surface area (TPSA) is 23.6 Å². The molecular formula is C20H31FN2O. The summed E-state index contributed by atoms with van der Waals surface area (Å²) in [7, 11) is 0. The number of carbonyl (C=O) groups excluding carboxylic acids is 1. The quantitative estimate of drug-likeness (QED) is 0.825. The maximum atomic E-state index is 14.3. The van der Waals surface area contributed by atoms with Crippen LogP contribution < -0.4 is 0 Å². The minimum absolute atomic E-state index is 0.133. The first-order chi connectivity index (χ1) is 11.6. The van der Waals surface area contributed by atoms with E-state index in [1.165, 1.54) is 6.07 Å². The van der Waals surface area contributed by atoms with Gasteiger partial charge in [0.15, 0.2) is 0 Å². The van der Waals surface area contributed by atoms with Gasteiger partial charge in [0.05, 0.1) is 5.56 Å². The number of rotatable bonds is 4. The van der Waals surface area contributed by atoms with Crippen LogP contribution in [0.15, 0.2) is 18.2 Å². The van der Waals surface area contributed by atoms with E-state index in [1.54, 1.807) is 11.0 Å². The van der Waals surface area contributed by atoms with E-state index in [1.807, 2.05) is 19.9 Å². The van der Waals surface area contributed by atoms with Crippen LogP contribution in [-0.4, -0.2) is 41.9 Å². The van der Waals surface area contributed by atoms with Gasteiger partial charge in [0.1, 0.15) is 5.82 Å². The highest BCUT2D eigenvalue weighted by Gasteiger charge is 2.31. The number of nitrogens with zero attached hydrogens (tertiary/aromatic N) is 2. The van der Waals surface area contributed by atoms with Gasteiger partial charge in [0.25, 0.3) is 5.91 Å². The van der Waals surface area contributed by atoms with E-state index in [0.717, 1.165) is 50.5 Å². The molecule has 0 N–H and O–H groups in total. The Hall–Kier alpha value is -1.42. The van der Waals surface area contributed by atoms with Gasteiger partial charge in [-0.1, -0.05) is 39.8 Å². The largest absolute Gasteiger partial charge is 0.339 e. The lowest BCUT2D eigenvalue weighted by Gasteiger charge is -2.42. The lowest BCUT2D eigenvalue weighted by Crippen LogP contribution is -2.48. The zero-order valence-corrected chi connectivity index (χ0v) is 15.5. The molecule has 3 rings (SSSR count). The van der Waals surface area contributed by atoms with Gasteiger partial charge in [-0.05, 0) is 36.3 Å². The highest BCUT2D eigenvalue weighted by atomic mass is 19.1. The number of likely N-dealkylation sites (tertiary alicyclic amines) is 2. The molecule has 2 aliphatic rings. The molecule has 1 aromatic rings. The van der Waals surface area contributed by atoms with Crippen LogP contribution in [0.1, 0.15) is 56.5 Å².